The predicted octanol–water partition coefficient (Wildman–Crippen LogP) is 4.67. The fourth-order valence-electron chi connectivity index (χ4n) is 4.28. The van der Waals surface area contributed by atoms with Gasteiger partial charge in [-0.15, -0.1) is 11.3 Å². The second kappa shape index (κ2) is 9.09. The minimum atomic E-state index is 0.00536. The van der Waals surface area contributed by atoms with E-state index in [0.717, 1.165) is 44.2 Å². The van der Waals surface area contributed by atoms with Crippen LogP contribution in [0, 0.1) is 0 Å². The molecule has 154 valence electrons. The maximum absolute atomic E-state index is 5.04. The number of unbranched alkanes of at least 4 members (excludes halogenated alkanes) is 1. The summed E-state index contributed by atoms with van der Waals surface area (Å²) in [5.41, 5.74) is 3.90. The van der Waals surface area contributed by atoms with Gasteiger partial charge in [0.05, 0.1) is 11.4 Å². The van der Waals surface area contributed by atoms with E-state index >= 15 is 0 Å². The van der Waals surface area contributed by atoms with E-state index in [-0.39, 0.29) is 5.41 Å². The third-order valence-electron chi connectivity index (χ3n) is 6.15. The van der Waals surface area contributed by atoms with Crippen molar-refractivity contribution in [1.82, 2.24) is 19.7 Å². The number of nitrogens with zero attached hydrogens (tertiary/aromatic N) is 4. The molecule has 1 aliphatic rings. The largest absolute Gasteiger partial charge is 0.362 e. The summed E-state index contributed by atoms with van der Waals surface area (Å²) in [6.45, 7) is 6.31. The number of hydrogen-bond donors (Lipinski definition) is 1. The Bertz CT molecular complexity index is 893. The van der Waals surface area contributed by atoms with Gasteiger partial charge in [-0.2, -0.15) is 5.10 Å². The fourth-order valence-corrected chi connectivity index (χ4v) is 5.11. The van der Waals surface area contributed by atoms with E-state index in [1.54, 1.807) is 11.3 Å². The zero-order valence-electron chi connectivity index (χ0n) is 17.5. The van der Waals surface area contributed by atoms with Crippen LogP contribution in [0.3, 0.4) is 0 Å². The molecule has 1 N–H and O–H groups in total. The standard InChI is InChI=1S/C23H31N5S/c1-3-4-13-24-22-26-21(18-29-22)23(19-8-6-5-7-9-19)11-15-28(16-12-23)17-20-10-14-25-27(20)2/h5-10,14,18H,3-4,11-13,15-17H2,1-2H3,(H,24,26). The number of nitrogens with one attached hydrogen (secondary N) is 1. The Balaban J connectivity index is 1.53. The number of hydrogen-bond acceptors (Lipinski definition) is 5. The van der Waals surface area contributed by atoms with Crippen LogP contribution < -0.4 is 5.32 Å². The van der Waals surface area contributed by atoms with Crippen LogP contribution in [0.25, 0.3) is 0 Å². The molecule has 4 rings (SSSR count). The summed E-state index contributed by atoms with van der Waals surface area (Å²) in [6, 6.07) is 13.1. The van der Waals surface area contributed by atoms with Crippen LogP contribution in [0.15, 0.2) is 48.0 Å². The van der Waals surface area contributed by atoms with E-state index in [0.29, 0.717) is 0 Å². The molecular formula is C23H31N5S. The molecule has 0 saturated carbocycles. The molecule has 3 aromatic rings. The van der Waals surface area contributed by atoms with Gasteiger partial charge in [0.2, 0.25) is 0 Å². The van der Waals surface area contributed by atoms with Gasteiger partial charge in [-0.25, -0.2) is 4.98 Å². The summed E-state index contributed by atoms with van der Waals surface area (Å²) in [5, 5.41) is 11.2. The number of likely N-dealkylation sites (tertiary alicyclic amines) is 1. The first-order valence-electron chi connectivity index (χ1n) is 10.7. The number of anilines is 1. The average Bonchev–Trinajstić information content (AvgIpc) is 3.39. The topological polar surface area (TPSA) is 46.0 Å². The van der Waals surface area contributed by atoms with Crippen molar-refractivity contribution < 1.29 is 0 Å². The van der Waals surface area contributed by atoms with Crippen LogP contribution in [0.2, 0.25) is 0 Å². The van der Waals surface area contributed by atoms with Crippen molar-refractivity contribution in [3.8, 4) is 0 Å². The van der Waals surface area contributed by atoms with Gasteiger partial charge in [0.1, 0.15) is 0 Å². The van der Waals surface area contributed by atoms with Gasteiger partial charge in [0.15, 0.2) is 5.13 Å². The molecule has 29 heavy (non-hydrogen) atoms. The van der Waals surface area contributed by atoms with E-state index in [4.69, 9.17) is 4.98 Å². The molecule has 5 nitrogen and oxygen atoms in total. The molecule has 1 aliphatic heterocycles. The molecule has 0 bridgehead atoms. The zero-order valence-corrected chi connectivity index (χ0v) is 18.3. The minimum Gasteiger partial charge on any atom is -0.362 e. The van der Waals surface area contributed by atoms with Crippen molar-refractivity contribution in [1.29, 1.82) is 0 Å². The van der Waals surface area contributed by atoms with Crippen molar-refractivity contribution >= 4 is 16.5 Å². The molecule has 0 unspecified atom stereocenters. The Morgan fingerprint density at radius 2 is 1.93 bits per heavy atom. The van der Waals surface area contributed by atoms with Gasteiger partial charge >= 0.3 is 0 Å². The van der Waals surface area contributed by atoms with Crippen molar-refractivity contribution in [2.75, 3.05) is 25.0 Å². The molecule has 1 fully saturated rings. The molecule has 0 radical (unpaired) electrons. The van der Waals surface area contributed by atoms with Gasteiger partial charge in [0, 0.05) is 37.1 Å². The van der Waals surface area contributed by atoms with Crippen molar-refractivity contribution in [2.24, 2.45) is 7.05 Å². The molecule has 0 spiro atoms. The zero-order chi connectivity index (χ0) is 20.1. The van der Waals surface area contributed by atoms with Crippen molar-refractivity contribution in [3.05, 3.63) is 64.9 Å². The van der Waals surface area contributed by atoms with E-state index in [1.165, 1.54) is 29.8 Å². The van der Waals surface area contributed by atoms with Crippen LogP contribution in [0.1, 0.15) is 49.6 Å². The monoisotopic (exact) mass is 409 g/mol. The van der Waals surface area contributed by atoms with Gasteiger partial charge < -0.3 is 5.32 Å². The van der Waals surface area contributed by atoms with Crippen LogP contribution >= 0.6 is 11.3 Å². The SMILES string of the molecule is CCCCNc1nc(C2(c3ccccc3)CCN(Cc3ccnn3C)CC2)cs1. The van der Waals surface area contributed by atoms with E-state index in [2.05, 4.69) is 64.0 Å². The molecular weight excluding hydrogens is 378 g/mol. The van der Waals surface area contributed by atoms with Gasteiger partial charge in [-0.3, -0.25) is 9.58 Å². The smallest absolute Gasteiger partial charge is 0.182 e. The highest BCUT2D eigenvalue weighted by molar-refractivity contribution is 7.13. The minimum absolute atomic E-state index is 0.00536. The van der Waals surface area contributed by atoms with Crippen LogP contribution in [-0.2, 0) is 19.0 Å². The molecule has 2 aromatic heterocycles. The second-order valence-electron chi connectivity index (χ2n) is 7.99. The molecule has 0 aliphatic carbocycles. The second-order valence-corrected chi connectivity index (χ2v) is 8.85. The van der Waals surface area contributed by atoms with Crippen LogP contribution in [-0.4, -0.2) is 39.3 Å². The maximum atomic E-state index is 5.04. The Morgan fingerprint density at radius 3 is 2.62 bits per heavy atom. The number of aromatic nitrogens is 3. The Hall–Kier alpha value is -2.18. The van der Waals surface area contributed by atoms with Gasteiger partial charge in [0.25, 0.3) is 0 Å². The fraction of sp³-hybridized carbons (Fsp3) is 0.478. The van der Waals surface area contributed by atoms with E-state index in [9.17, 15) is 0 Å². The van der Waals surface area contributed by atoms with Crippen molar-refractivity contribution in [3.63, 3.8) is 0 Å². The Kier molecular flexibility index (Phi) is 6.31. The van der Waals surface area contributed by atoms with Gasteiger partial charge in [-0.1, -0.05) is 43.7 Å². The summed E-state index contributed by atoms with van der Waals surface area (Å²) < 4.78 is 1.98. The lowest BCUT2D eigenvalue weighted by atomic mass is 9.70. The number of thiazole rings is 1. The number of rotatable bonds is 8. The van der Waals surface area contributed by atoms with Crippen LogP contribution in [0.4, 0.5) is 5.13 Å². The molecule has 0 atom stereocenters. The van der Waals surface area contributed by atoms with Crippen LogP contribution in [0.5, 0.6) is 0 Å². The molecule has 1 aromatic carbocycles. The predicted molar refractivity (Wildman–Crippen MR) is 120 cm³/mol. The Morgan fingerprint density at radius 1 is 1.14 bits per heavy atom. The highest BCUT2D eigenvalue weighted by Gasteiger charge is 2.39. The number of piperidine rings is 1. The van der Waals surface area contributed by atoms with E-state index < -0.39 is 0 Å². The summed E-state index contributed by atoms with van der Waals surface area (Å²) in [4.78, 5) is 7.59. The lowest BCUT2D eigenvalue weighted by Gasteiger charge is -2.41. The normalized spacial score (nSPS) is 16.8. The molecule has 6 heteroatoms. The summed E-state index contributed by atoms with van der Waals surface area (Å²) in [7, 11) is 2.02. The summed E-state index contributed by atoms with van der Waals surface area (Å²) >= 11 is 1.75. The molecule has 0 amide bonds. The van der Waals surface area contributed by atoms with E-state index in [1.807, 2.05) is 17.9 Å². The molecule has 3 heterocycles. The highest BCUT2D eigenvalue weighted by atomic mass is 32.1. The first-order valence-corrected chi connectivity index (χ1v) is 11.5. The molecule has 1 saturated heterocycles. The summed E-state index contributed by atoms with van der Waals surface area (Å²) in [6.07, 6.45) is 6.45. The first kappa shape index (κ1) is 20.1. The van der Waals surface area contributed by atoms with Crippen molar-refractivity contribution in [2.45, 2.75) is 44.6 Å². The maximum Gasteiger partial charge on any atom is 0.182 e. The Labute approximate surface area is 177 Å². The number of benzene rings is 1. The third-order valence-corrected chi connectivity index (χ3v) is 6.95. The average molecular weight is 410 g/mol. The quantitative estimate of drug-likeness (QED) is 0.549. The lowest BCUT2D eigenvalue weighted by Crippen LogP contribution is -2.43. The lowest BCUT2D eigenvalue weighted by molar-refractivity contribution is 0.167. The first-order chi connectivity index (χ1) is 14.2. The van der Waals surface area contributed by atoms with Gasteiger partial charge in [-0.05, 0) is 44.0 Å². The number of aryl methyl sites for hydroxylation is 1. The highest BCUT2D eigenvalue weighted by Crippen LogP contribution is 2.42. The third kappa shape index (κ3) is 4.38. The summed E-state index contributed by atoms with van der Waals surface area (Å²) in [5.74, 6) is 0.